The smallest absolute Gasteiger partial charge is 0.133 e. The minimum atomic E-state index is -0.423. The molecule has 0 bridgehead atoms. The minimum absolute atomic E-state index is 0.423. The van der Waals surface area contributed by atoms with Gasteiger partial charge in [-0.15, -0.1) is 0 Å². The molecule has 1 nitrogen and oxygen atoms in total. The van der Waals surface area contributed by atoms with Gasteiger partial charge in [0.15, 0.2) is 0 Å². The first-order valence-electron chi connectivity index (χ1n) is 9.23. The molecule has 0 N–H and O–H groups in total. The van der Waals surface area contributed by atoms with E-state index in [0.29, 0.717) is 0 Å². The van der Waals surface area contributed by atoms with Crippen LogP contribution in [0.15, 0.2) is 101 Å². The molecule has 0 aliphatic carbocycles. The number of para-hydroxylation sites is 1. The van der Waals surface area contributed by atoms with Gasteiger partial charge >= 0.3 is 0 Å². The van der Waals surface area contributed by atoms with E-state index >= 15 is 0 Å². The Kier molecular flexibility index (Phi) is 3.44. The standard InChI is InChI=1S/C25H15ClOS/c26-17-14-12-16(13-15-17)25-18-6-1-3-8-20(18)27-21-9-5-11-23(24(21)25)28-22-10-4-2-7-19(22)25/h1-15H. The van der Waals surface area contributed by atoms with Crippen molar-refractivity contribution in [2.75, 3.05) is 0 Å². The molecule has 1 unspecified atom stereocenters. The van der Waals surface area contributed by atoms with Crippen molar-refractivity contribution in [2.45, 2.75) is 15.2 Å². The number of halogens is 1. The lowest BCUT2D eigenvalue weighted by molar-refractivity contribution is 0.428. The van der Waals surface area contributed by atoms with Crippen molar-refractivity contribution in [1.29, 1.82) is 0 Å². The molecule has 1 atom stereocenters. The lowest BCUT2D eigenvalue weighted by atomic mass is 9.63. The number of hydrogen-bond acceptors (Lipinski definition) is 2. The van der Waals surface area contributed by atoms with Gasteiger partial charge in [-0.25, -0.2) is 0 Å². The van der Waals surface area contributed by atoms with Crippen molar-refractivity contribution in [3.8, 4) is 11.5 Å². The van der Waals surface area contributed by atoms with Crippen LogP contribution in [0.2, 0.25) is 5.02 Å². The second-order valence-corrected chi connectivity index (χ2v) is 8.60. The van der Waals surface area contributed by atoms with Crippen LogP contribution < -0.4 is 4.74 Å². The van der Waals surface area contributed by atoms with E-state index in [4.69, 9.17) is 16.3 Å². The third kappa shape index (κ3) is 2.05. The Hall–Kier alpha value is -2.68. The Morgan fingerprint density at radius 2 is 1.32 bits per heavy atom. The Bertz CT molecular complexity index is 1160. The molecule has 0 fully saturated rings. The predicted molar refractivity (Wildman–Crippen MR) is 114 cm³/mol. The van der Waals surface area contributed by atoms with Crippen molar-refractivity contribution in [1.82, 2.24) is 0 Å². The zero-order valence-electron chi connectivity index (χ0n) is 14.9. The number of hydrogen-bond donors (Lipinski definition) is 0. The quantitative estimate of drug-likeness (QED) is 0.287. The zero-order chi connectivity index (χ0) is 18.7. The van der Waals surface area contributed by atoms with Crippen molar-refractivity contribution in [2.24, 2.45) is 0 Å². The Labute approximate surface area is 172 Å². The molecular formula is C25H15ClOS. The number of benzene rings is 4. The molecule has 0 amide bonds. The largest absolute Gasteiger partial charge is 0.457 e. The van der Waals surface area contributed by atoms with E-state index in [1.807, 2.05) is 30.0 Å². The monoisotopic (exact) mass is 398 g/mol. The molecule has 2 aliphatic heterocycles. The summed E-state index contributed by atoms with van der Waals surface area (Å²) >= 11 is 8.07. The maximum atomic E-state index is 6.37. The third-order valence-electron chi connectivity index (χ3n) is 5.66. The molecule has 28 heavy (non-hydrogen) atoms. The van der Waals surface area contributed by atoms with Gasteiger partial charge < -0.3 is 4.74 Å². The average molecular weight is 399 g/mol. The van der Waals surface area contributed by atoms with Crippen LogP contribution in [0.5, 0.6) is 11.5 Å². The first-order valence-corrected chi connectivity index (χ1v) is 10.4. The molecule has 2 aliphatic rings. The van der Waals surface area contributed by atoms with Crippen molar-refractivity contribution < 1.29 is 4.74 Å². The van der Waals surface area contributed by atoms with E-state index in [1.165, 1.54) is 32.0 Å². The third-order valence-corrected chi connectivity index (χ3v) is 7.05. The Morgan fingerprint density at radius 3 is 2.18 bits per heavy atom. The van der Waals surface area contributed by atoms with E-state index in [2.05, 4.69) is 72.8 Å². The highest BCUT2D eigenvalue weighted by Gasteiger charge is 2.49. The maximum Gasteiger partial charge on any atom is 0.133 e. The van der Waals surface area contributed by atoms with Crippen LogP contribution in [-0.4, -0.2) is 0 Å². The van der Waals surface area contributed by atoms with E-state index < -0.39 is 5.41 Å². The summed E-state index contributed by atoms with van der Waals surface area (Å²) in [7, 11) is 0. The molecule has 6 rings (SSSR count). The second kappa shape index (κ2) is 5.91. The summed E-state index contributed by atoms with van der Waals surface area (Å²) < 4.78 is 6.37. The average Bonchev–Trinajstić information content (AvgIpc) is 2.74. The molecule has 0 saturated carbocycles. The highest BCUT2D eigenvalue weighted by molar-refractivity contribution is 7.99. The molecule has 0 saturated heterocycles. The first kappa shape index (κ1) is 16.3. The topological polar surface area (TPSA) is 9.23 Å². The highest BCUT2D eigenvalue weighted by Crippen LogP contribution is 2.62. The summed E-state index contributed by atoms with van der Waals surface area (Å²) in [5.41, 5.74) is 4.46. The van der Waals surface area contributed by atoms with Gasteiger partial charge in [-0.05, 0) is 47.5 Å². The summed E-state index contributed by atoms with van der Waals surface area (Å²) in [5, 5.41) is 0.743. The molecule has 2 heterocycles. The van der Waals surface area contributed by atoms with Gasteiger partial charge in [0.05, 0.1) is 5.41 Å². The van der Waals surface area contributed by atoms with Gasteiger partial charge in [0.1, 0.15) is 11.5 Å². The van der Waals surface area contributed by atoms with Gasteiger partial charge in [-0.3, -0.25) is 0 Å². The number of fused-ring (bicyclic) bond motifs is 4. The second-order valence-electron chi connectivity index (χ2n) is 7.08. The molecule has 0 spiro atoms. The number of rotatable bonds is 1. The summed E-state index contributed by atoms with van der Waals surface area (Å²) in [4.78, 5) is 2.51. The minimum Gasteiger partial charge on any atom is -0.457 e. The molecule has 0 aromatic heterocycles. The van der Waals surface area contributed by atoms with E-state index in [9.17, 15) is 0 Å². The molecule has 4 aromatic carbocycles. The Balaban J connectivity index is 1.84. The van der Waals surface area contributed by atoms with Crippen molar-refractivity contribution >= 4 is 23.4 Å². The fourth-order valence-electron chi connectivity index (χ4n) is 4.59. The van der Waals surface area contributed by atoms with Crippen LogP contribution in [0.4, 0.5) is 0 Å². The van der Waals surface area contributed by atoms with Crippen LogP contribution in [0.1, 0.15) is 22.3 Å². The summed E-state index contributed by atoms with van der Waals surface area (Å²) in [6.07, 6.45) is 0. The van der Waals surface area contributed by atoms with E-state index in [-0.39, 0.29) is 0 Å². The molecule has 0 radical (unpaired) electrons. The zero-order valence-corrected chi connectivity index (χ0v) is 16.4. The normalized spacial score (nSPS) is 18.5. The van der Waals surface area contributed by atoms with Crippen molar-refractivity contribution in [3.05, 3.63) is 118 Å². The van der Waals surface area contributed by atoms with Crippen LogP contribution in [0.25, 0.3) is 0 Å². The summed E-state index contributed by atoms with van der Waals surface area (Å²) in [6.45, 7) is 0. The SMILES string of the molecule is Clc1ccc(C23c4ccccc4Oc4cccc(c42)Sc2ccccc23)cc1. The molecule has 4 aromatic rings. The number of ether oxygens (including phenoxy) is 1. The lowest BCUT2D eigenvalue weighted by Crippen LogP contribution is -2.36. The highest BCUT2D eigenvalue weighted by atomic mass is 35.5. The summed E-state index contributed by atoms with van der Waals surface area (Å²) in [5.74, 6) is 1.83. The van der Waals surface area contributed by atoms with Gasteiger partial charge in [-0.1, -0.05) is 78.0 Å². The maximum absolute atomic E-state index is 6.37. The molecule has 134 valence electrons. The van der Waals surface area contributed by atoms with Crippen LogP contribution in [0.3, 0.4) is 0 Å². The first-order chi connectivity index (χ1) is 13.8. The molecule has 3 heteroatoms. The lowest BCUT2D eigenvalue weighted by Gasteiger charge is -2.45. The van der Waals surface area contributed by atoms with Crippen LogP contribution in [0, 0.1) is 0 Å². The van der Waals surface area contributed by atoms with E-state index in [0.717, 1.165) is 16.5 Å². The fourth-order valence-corrected chi connectivity index (χ4v) is 5.93. The fraction of sp³-hybridized carbons (Fsp3) is 0.0400. The van der Waals surface area contributed by atoms with Gasteiger partial charge in [0.2, 0.25) is 0 Å². The van der Waals surface area contributed by atoms with Crippen molar-refractivity contribution in [3.63, 3.8) is 0 Å². The Morgan fingerprint density at radius 1 is 0.643 bits per heavy atom. The summed E-state index contributed by atoms with van der Waals surface area (Å²) in [6, 6.07) is 31.7. The van der Waals surface area contributed by atoms with Gasteiger partial charge in [0, 0.05) is 25.9 Å². The van der Waals surface area contributed by atoms with Gasteiger partial charge in [0.25, 0.3) is 0 Å². The van der Waals surface area contributed by atoms with E-state index in [1.54, 1.807) is 0 Å². The predicted octanol–water partition coefficient (Wildman–Crippen LogP) is 7.29. The van der Waals surface area contributed by atoms with Crippen LogP contribution in [-0.2, 0) is 5.41 Å². The van der Waals surface area contributed by atoms with Crippen LogP contribution >= 0.6 is 23.4 Å². The van der Waals surface area contributed by atoms with Gasteiger partial charge in [-0.2, -0.15) is 0 Å². The molecular weight excluding hydrogens is 384 g/mol.